The number of carbonyl (C=O) groups excluding carboxylic acids is 3. The summed E-state index contributed by atoms with van der Waals surface area (Å²) >= 11 is 0. The molecule has 1 fully saturated rings. The van der Waals surface area contributed by atoms with Gasteiger partial charge in [-0.1, -0.05) is 0 Å². The molecule has 9 heteroatoms. The predicted octanol–water partition coefficient (Wildman–Crippen LogP) is 0.0417. The Kier molecular flexibility index (Phi) is 3.59. The number of rotatable bonds is 3. The van der Waals surface area contributed by atoms with Gasteiger partial charge in [-0.3, -0.25) is 14.9 Å². The van der Waals surface area contributed by atoms with Crippen LogP contribution in [-0.4, -0.2) is 30.4 Å². The quantitative estimate of drug-likeness (QED) is 0.542. The summed E-state index contributed by atoms with van der Waals surface area (Å²) in [7, 11) is 0. The normalized spacial score (nSPS) is 17.6. The van der Waals surface area contributed by atoms with Crippen LogP contribution in [0, 0.1) is 17.5 Å². The highest BCUT2D eigenvalue weighted by atomic mass is 19.2. The van der Waals surface area contributed by atoms with Gasteiger partial charge in [0.05, 0.1) is 5.56 Å². The zero-order chi connectivity index (χ0) is 14.9. The minimum Gasteiger partial charge on any atom is -0.349 e. The molecule has 106 valence electrons. The largest absolute Gasteiger partial charge is 0.349 e. The van der Waals surface area contributed by atoms with Crippen LogP contribution in [0.15, 0.2) is 12.1 Å². The van der Waals surface area contributed by atoms with Gasteiger partial charge < -0.3 is 10.6 Å². The Morgan fingerprint density at radius 1 is 1.20 bits per heavy atom. The molecule has 0 spiro atoms. The van der Waals surface area contributed by atoms with Crippen molar-refractivity contribution >= 4 is 17.8 Å². The molecule has 1 heterocycles. The van der Waals surface area contributed by atoms with E-state index in [1.54, 1.807) is 0 Å². The molecule has 3 N–H and O–H groups in total. The van der Waals surface area contributed by atoms with Crippen molar-refractivity contribution in [1.82, 2.24) is 16.0 Å². The third-order valence-corrected chi connectivity index (χ3v) is 2.61. The van der Waals surface area contributed by atoms with Crippen molar-refractivity contribution in [2.45, 2.75) is 6.04 Å². The van der Waals surface area contributed by atoms with E-state index in [0.29, 0.717) is 6.07 Å². The molecular weight excluding hydrogens is 279 g/mol. The third-order valence-electron chi connectivity index (χ3n) is 2.61. The van der Waals surface area contributed by atoms with E-state index in [1.807, 2.05) is 5.32 Å². The number of hydrogen-bond acceptors (Lipinski definition) is 3. The van der Waals surface area contributed by atoms with Crippen molar-refractivity contribution in [3.05, 3.63) is 35.1 Å². The molecule has 0 aliphatic carbocycles. The maximum atomic E-state index is 13.3. The van der Waals surface area contributed by atoms with Gasteiger partial charge in [-0.05, 0) is 12.1 Å². The van der Waals surface area contributed by atoms with Gasteiger partial charge in [0, 0.05) is 6.54 Å². The maximum absolute atomic E-state index is 13.3. The van der Waals surface area contributed by atoms with Gasteiger partial charge in [0.15, 0.2) is 17.5 Å². The molecule has 0 aromatic heterocycles. The fourth-order valence-electron chi connectivity index (χ4n) is 1.59. The second kappa shape index (κ2) is 5.19. The number of nitrogens with one attached hydrogen (secondary N) is 3. The molecule has 6 nitrogen and oxygen atoms in total. The van der Waals surface area contributed by atoms with Crippen LogP contribution in [0.25, 0.3) is 0 Å². The smallest absolute Gasteiger partial charge is 0.322 e. The number of urea groups is 1. The number of carbonyl (C=O) groups is 3. The Balaban J connectivity index is 2.04. The molecule has 1 saturated heterocycles. The van der Waals surface area contributed by atoms with Crippen LogP contribution in [-0.2, 0) is 4.79 Å². The standard InChI is InChI=1S/C11H8F3N3O3/c12-5-2-1-4(7(13)8(5)14)9(18)15-3-6-10(19)17-11(20)16-6/h1-2,6H,3H2,(H,15,18)(H2,16,17,19,20). The molecule has 2 rings (SSSR count). The molecule has 0 saturated carbocycles. The second-order valence-corrected chi connectivity index (χ2v) is 3.95. The van der Waals surface area contributed by atoms with E-state index in [2.05, 4.69) is 10.6 Å². The van der Waals surface area contributed by atoms with Crippen LogP contribution >= 0.6 is 0 Å². The number of halogens is 3. The van der Waals surface area contributed by atoms with E-state index in [1.165, 1.54) is 0 Å². The summed E-state index contributed by atoms with van der Waals surface area (Å²) in [5.41, 5.74) is -0.700. The fraction of sp³-hybridized carbons (Fsp3) is 0.182. The number of hydrogen-bond donors (Lipinski definition) is 3. The molecule has 1 aliphatic rings. The first kappa shape index (κ1) is 13.8. The van der Waals surface area contributed by atoms with Crippen LogP contribution in [0.4, 0.5) is 18.0 Å². The van der Waals surface area contributed by atoms with Crippen molar-refractivity contribution in [3.63, 3.8) is 0 Å². The Morgan fingerprint density at radius 3 is 2.50 bits per heavy atom. The first-order chi connectivity index (χ1) is 9.40. The van der Waals surface area contributed by atoms with E-state index in [0.717, 1.165) is 6.07 Å². The average molecular weight is 287 g/mol. The lowest BCUT2D eigenvalue weighted by Crippen LogP contribution is -2.41. The first-order valence-electron chi connectivity index (χ1n) is 5.43. The van der Waals surface area contributed by atoms with Crippen LogP contribution in [0.2, 0.25) is 0 Å². The summed E-state index contributed by atoms with van der Waals surface area (Å²) in [5, 5.41) is 6.27. The van der Waals surface area contributed by atoms with Crippen molar-refractivity contribution in [2.75, 3.05) is 6.54 Å². The average Bonchev–Trinajstić information content (AvgIpc) is 2.72. The molecule has 4 amide bonds. The van der Waals surface area contributed by atoms with Crippen LogP contribution < -0.4 is 16.0 Å². The molecular formula is C11H8F3N3O3. The summed E-state index contributed by atoms with van der Waals surface area (Å²) < 4.78 is 39.0. The molecule has 1 atom stereocenters. The van der Waals surface area contributed by atoms with Gasteiger partial charge in [-0.25, -0.2) is 18.0 Å². The molecule has 1 aromatic rings. The number of amides is 4. The maximum Gasteiger partial charge on any atom is 0.322 e. The Morgan fingerprint density at radius 2 is 1.90 bits per heavy atom. The Labute approximate surface area is 110 Å². The Bertz CT molecular complexity index is 606. The van der Waals surface area contributed by atoms with E-state index < -0.39 is 46.9 Å². The van der Waals surface area contributed by atoms with Crippen LogP contribution in [0.5, 0.6) is 0 Å². The van der Waals surface area contributed by atoms with Crippen molar-refractivity contribution in [3.8, 4) is 0 Å². The van der Waals surface area contributed by atoms with Gasteiger partial charge >= 0.3 is 6.03 Å². The van der Waals surface area contributed by atoms with E-state index in [4.69, 9.17) is 0 Å². The highest BCUT2D eigenvalue weighted by Gasteiger charge is 2.30. The molecule has 1 unspecified atom stereocenters. The number of imide groups is 1. The molecule has 1 aromatic carbocycles. The monoisotopic (exact) mass is 287 g/mol. The summed E-state index contributed by atoms with van der Waals surface area (Å²) in [6, 6.07) is -0.332. The van der Waals surface area contributed by atoms with Gasteiger partial charge in [0.2, 0.25) is 0 Å². The summed E-state index contributed by atoms with van der Waals surface area (Å²) in [6.45, 7) is -0.311. The zero-order valence-corrected chi connectivity index (χ0v) is 9.80. The zero-order valence-electron chi connectivity index (χ0n) is 9.80. The van der Waals surface area contributed by atoms with Gasteiger partial charge in [0.1, 0.15) is 6.04 Å². The highest BCUT2D eigenvalue weighted by Crippen LogP contribution is 2.14. The van der Waals surface area contributed by atoms with Gasteiger partial charge in [-0.15, -0.1) is 0 Å². The SMILES string of the molecule is O=C1NC(=O)C(CNC(=O)c2ccc(F)c(F)c2F)N1. The van der Waals surface area contributed by atoms with Crippen LogP contribution in [0.1, 0.15) is 10.4 Å². The fourth-order valence-corrected chi connectivity index (χ4v) is 1.59. The van der Waals surface area contributed by atoms with E-state index in [-0.39, 0.29) is 6.54 Å². The lowest BCUT2D eigenvalue weighted by Gasteiger charge is -2.10. The van der Waals surface area contributed by atoms with Crippen molar-refractivity contribution in [2.24, 2.45) is 0 Å². The lowest BCUT2D eigenvalue weighted by molar-refractivity contribution is -0.120. The summed E-state index contributed by atoms with van der Waals surface area (Å²) in [6.07, 6.45) is 0. The van der Waals surface area contributed by atoms with E-state index in [9.17, 15) is 27.6 Å². The topological polar surface area (TPSA) is 87.3 Å². The van der Waals surface area contributed by atoms with Crippen molar-refractivity contribution in [1.29, 1.82) is 0 Å². The van der Waals surface area contributed by atoms with Crippen molar-refractivity contribution < 1.29 is 27.6 Å². The third kappa shape index (κ3) is 2.56. The Hall–Kier alpha value is -2.58. The molecule has 20 heavy (non-hydrogen) atoms. The van der Waals surface area contributed by atoms with E-state index >= 15 is 0 Å². The summed E-state index contributed by atoms with van der Waals surface area (Å²) in [4.78, 5) is 33.6. The van der Waals surface area contributed by atoms with Crippen LogP contribution in [0.3, 0.4) is 0 Å². The first-order valence-corrected chi connectivity index (χ1v) is 5.43. The molecule has 0 radical (unpaired) electrons. The summed E-state index contributed by atoms with van der Waals surface area (Å²) in [5.74, 6) is -6.48. The van der Waals surface area contributed by atoms with Gasteiger partial charge in [-0.2, -0.15) is 0 Å². The lowest BCUT2D eigenvalue weighted by atomic mass is 10.1. The minimum absolute atomic E-state index is 0.311. The number of benzene rings is 1. The molecule has 1 aliphatic heterocycles. The van der Waals surface area contributed by atoms with Gasteiger partial charge in [0.25, 0.3) is 11.8 Å². The minimum atomic E-state index is -1.76. The predicted molar refractivity (Wildman–Crippen MR) is 59.1 cm³/mol. The second-order valence-electron chi connectivity index (χ2n) is 3.95. The highest BCUT2D eigenvalue weighted by molar-refractivity contribution is 6.04. The molecule has 0 bridgehead atoms.